The van der Waals surface area contributed by atoms with E-state index in [1.807, 2.05) is 17.0 Å². The summed E-state index contributed by atoms with van der Waals surface area (Å²) in [6.45, 7) is 4.94. The molecular formula is C18H23N5O2. The van der Waals surface area contributed by atoms with E-state index in [1.54, 1.807) is 12.1 Å². The summed E-state index contributed by atoms with van der Waals surface area (Å²) in [5.74, 6) is 0.980. The standard InChI is InChI=1S/C18H23N5O2/c24-17(22-11-9-21(10-12-22)13-14-5-6-14)7-8-23-18(25)15-3-1-2-4-16(15)19-20-23/h1-4,14H,5-13H2. The summed E-state index contributed by atoms with van der Waals surface area (Å²) >= 11 is 0. The smallest absolute Gasteiger partial charge is 0.277 e. The first-order valence-corrected chi connectivity index (χ1v) is 9.03. The van der Waals surface area contributed by atoms with Crippen molar-refractivity contribution in [3.8, 4) is 0 Å². The summed E-state index contributed by atoms with van der Waals surface area (Å²) in [6.07, 6.45) is 3.01. The van der Waals surface area contributed by atoms with E-state index >= 15 is 0 Å². The van der Waals surface area contributed by atoms with Gasteiger partial charge in [-0.05, 0) is 30.9 Å². The minimum Gasteiger partial charge on any atom is -0.340 e. The maximum Gasteiger partial charge on any atom is 0.277 e. The van der Waals surface area contributed by atoms with Crippen molar-refractivity contribution in [3.63, 3.8) is 0 Å². The Bertz CT molecular complexity index is 822. The summed E-state index contributed by atoms with van der Waals surface area (Å²) in [4.78, 5) is 29.2. The number of benzene rings is 1. The minimum atomic E-state index is -0.187. The van der Waals surface area contributed by atoms with Gasteiger partial charge in [0.25, 0.3) is 5.56 Å². The molecule has 25 heavy (non-hydrogen) atoms. The average Bonchev–Trinajstić information content (AvgIpc) is 3.46. The second kappa shape index (κ2) is 6.92. The highest BCUT2D eigenvalue weighted by Gasteiger charge is 2.27. The lowest BCUT2D eigenvalue weighted by Crippen LogP contribution is -2.49. The predicted octanol–water partition coefficient (Wildman–Crippen LogP) is 0.736. The molecule has 2 aromatic rings. The molecule has 0 atom stereocenters. The quantitative estimate of drug-likeness (QED) is 0.802. The number of carbonyl (C=O) groups is 1. The Kier molecular flexibility index (Phi) is 4.48. The normalized spacial score (nSPS) is 18.6. The first-order chi connectivity index (χ1) is 12.2. The summed E-state index contributed by atoms with van der Waals surface area (Å²) < 4.78 is 1.30. The van der Waals surface area contributed by atoms with E-state index in [0.29, 0.717) is 10.9 Å². The number of nitrogens with zero attached hydrogens (tertiary/aromatic N) is 5. The van der Waals surface area contributed by atoms with Gasteiger partial charge < -0.3 is 4.90 Å². The molecule has 0 radical (unpaired) electrons. The van der Waals surface area contributed by atoms with Crippen LogP contribution >= 0.6 is 0 Å². The van der Waals surface area contributed by atoms with Gasteiger partial charge in [-0.2, -0.15) is 0 Å². The monoisotopic (exact) mass is 341 g/mol. The fourth-order valence-electron chi connectivity index (χ4n) is 3.37. The van der Waals surface area contributed by atoms with Crippen LogP contribution in [0.4, 0.5) is 0 Å². The molecule has 0 unspecified atom stereocenters. The zero-order valence-electron chi connectivity index (χ0n) is 14.3. The predicted molar refractivity (Wildman–Crippen MR) is 94.2 cm³/mol. The third-order valence-electron chi connectivity index (χ3n) is 5.11. The number of hydrogen-bond acceptors (Lipinski definition) is 5. The minimum absolute atomic E-state index is 0.0907. The van der Waals surface area contributed by atoms with E-state index < -0.39 is 0 Å². The molecule has 1 amide bonds. The third kappa shape index (κ3) is 3.71. The molecule has 1 saturated carbocycles. The maximum absolute atomic E-state index is 12.4. The summed E-state index contributed by atoms with van der Waals surface area (Å²) in [5.41, 5.74) is 0.398. The Morgan fingerprint density at radius 3 is 2.64 bits per heavy atom. The Morgan fingerprint density at radius 2 is 1.88 bits per heavy atom. The van der Waals surface area contributed by atoms with Crippen LogP contribution in [0.25, 0.3) is 10.9 Å². The van der Waals surface area contributed by atoms with Crippen LogP contribution in [0, 0.1) is 5.92 Å². The van der Waals surface area contributed by atoms with Crippen molar-refractivity contribution in [2.75, 3.05) is 32.7 Å². The molecule has 7 nitrogen and oxygen atoms in total. The molecule has 1 aliphatic carbocycles. The number of fused-ring (bicyclic) bond motifs is 1. The number of aryl methyl sites for hydroxylation is 1. The Labute approximate surface area is 146 Å². The molecule has 2 aliphatic rings. The van der Waals surface area contributed by atoms with Crippen molar-refractivity contribution in [1.29, 1.82) is 0 Å². The zero-order chi connectivity index (χ0) is 17.2. The van der Waals surface area contributed by atoms with E-state index in [2.05, 4.69) is 15.2 Å². The Balaban J connectivity index is 1.33. The highest BCUT2D eigenvalue weighted by atomic mass is 16.2. The topological polar surface area (TPSA) is 71.3 Å². The van der Waals surface area contributed by atoms with Crippen LogP contribution in [0.1, 0.15) is 19.3 Å². The van der Waals surface area contributed by atoms with Crippen molar-refractivity contribution in [2.24, 2.45) is 5.92 Å². The lowest BCUT2D eigenvalue weighted by atomic mass is 10.2. The number of amides is 1. The second-order valence-electron chi connectivity index (χ2n) is 7.01. The van der Waals surface area contributed by atoms with Crippen molar-refractivity contribution in [2.45, 2.75) is 25.8 Å². The van der Waals surface area contributed by atoms with E-state index in [-0.39, 0.29) is 24.4 Å². The molecule has 0 spiro atoms. The molecule has 1 saturated heterocycles. The van der Waals surface area contributed by atoms with Gasteiger partial charge in [-0.3, -0.25) is 14.5 Å². The number of aromatic nitrogens is 3. The van der Waals surface area contributed by atoms with Gasteiger partial charge in [0.2, 0.25) is 5.91 Å². The fourth-order valence-corrected chi connectivity index (χ4v) is 3.37. The molecule has 132 valence electrons. The number of rotatable bonds is 5. The van der Waals surface area contributed by atoms with Gasteiger partial charge in [-0.15, -0.1) is 5.10 Å². The Morgan fingerprint density at radius 1 is 1.12 bits per heavy atom. The molecule has 1 aromatic carbocycles. The molecule has 7 heteroatoms. The van der Waals surface area contributed by atoms with E-state index in [9.17, 15) is 9.59 Å². The van der Waals surface area contributed by atoms with Crippen molar-refractivity contribution < 1.29 is 4.79 Å². The SMILES string of the molecule is O=C(CCn1nnc2ccccc2c1=O)N1CCN(CC2CC2)CC1. The first kappa shape index (κ1) is 16.2. The molecule has 0 N–H and O–H groups in total. The van der Waals surface area contributed by atoms with Crippen LogP contribution in [-0.4, -0.2) is 63.4 Å². The van der Waals surface area contributed by atoms with Crippen LogP contribution in [0.15, 0.2) is 29.1 Å². The average molecular weight is 341 g/mol. The van der Waals surface area contributed by atoms with Crippen LogP contribution < -0.4 is 5.56 Å². The van der Waals surface area contributed by atoms with Crippen LogP contribution in [0.5, 0.6) is 0 Å². The third-order valence-corrected chi connectivity index (χ3v) is 5.11. The molecule has 0 bridgehead atoms. The molecule has 2 heterocycles. The fraction of sp³-hybridized carbons (Fsp3) is 0.556. The largest absolute Gasteiger partial charge is 0.340 e. The Hall–Kier alpha value is -2.28. The van der Waals surface area contributed by atoms with Crippen LogP contribution in [0.3, 0.4) is 0 Å². The van der Waals surface area contributed by atoms with Gasteiger partial charge in [0.1, 0.15) is 5.52 Å². The molecule has 4 rings (SSSR count). The van der Waals surface area contributed by atoms with Gasteiger partial charge in [-0.25, -0.2) is 4.68 Å². The number of piperazine rings is 1. The molecular weight excluding hydrogens is 318 g/mol. The van der Waals surface area contributed by atoms with Crippen molar-refractivity contribution in [3.05, 3.63) is 34.6 Å². The maximum atomic E-state index is 12.4. The van der Waals surface area contributed by atoms with Gasteiger partial charge in [0.05, 0.1) is 11.9 Å². The van der Waals surface area contributed by atoms with Crippen LogP contribution in [-0.2, 0) is 11.3 Å². The summed E-state index contributed by atoms with van der Waals surface area (Å²) in [6, 6.07) is 7.14. The van der Waals surface area contributed by atoms with Crippen LogP contribution in [0.2, 0.25) is 0 Å². The zero-order valence-corrected chi connectivity index (χ0v) is 14.3. The lowest BCUT2D eigenvalue weighted by Gasteiger charge is -2.34. The van der Waals surface area contributed by atoms with Crippen molar-refractivity contribution >= 4 is 16.8 Å². The molecule has 1 aliphatic heterocycles. The summed E-state index contributed by atoms with van der Waals surface area (Å²) in [5, 5.41) is 8.55. The van der Waals surface area contributed by atoms with Gasteiger partial charge in [0.15, 0.2) is 0 Å². The van der Waals surface area contributed by atoms with Gasteiger partial charge in [-0.1, -0.05) is 17.3 Å². The highest BCUT2D eigenvalue weighted by molar-refractivity contribution is 5.77. The number of hydrogen-bond donors (Lipinski definition) is 0. The molecule has 2 fully saturated rings. The van der Waals surface area contributed by atoms with E-state index in [1.165, 1.54) is 24.1 Å². The first-order valence-electron chi connectivity index (χ1n) is 9.03. The molecule has 1 aromatic heterocycles. The van der Waals surface area contributed by atoms with E-state index in [0.717, 1.165) is 32.1 Å². The van der Waals surface area contributed by atoms with Gasteiger partial charge in [0, 0.05) is 39.1 Å². The summed E-state index contributed by atoms with van der Waals surface area (Å²) in [7, 11) is 0. The van der Waals surface area contributed by atoms with Gasteiger partial charge >= 0.3 is 0 Å². The lowest BCUT2D eigenvalue weighted by molar-refractivity contribution is -0.133. The number of carbonyl (C=O) groups excluding carboxylic acids is 1. The second-order valence-corrected chi connectivity index (χ2v) is 7.01. The van der Waals surface area contributed by atoms with Crippen molar-refractivity contribution in [1.82, 2.24) is 24.8 Å². The highest BCUT2D eigenvalue weighted by Crippen LogP contribution is 2.29. The van der Waals surface area contributed by atoms with E-state index in [4.69, 9.17) is 0 Å².